The Morgan fingerprint density at radius 3 is 2.40 bits per heavy atom. The molecule has 2 aliphatic heterocycles. The first-order chi connectivity index (χ1) is 19.4. The number of phenolic OH excluding ortho intramolecular Hbond substituents is 2. The van der Waals surface area contributed by atoms with Crippen molar-refractivity contribution in [1.29, 1.82) is 0 Å². The molecule has 206 valence electrons. The third-order valence-electron chi connectivity index (χ3n) is 7.77. The van der Waals surface area contributed by atoms with E-state index in [4.69, 9.17) is 0 Å². The van der Waals surface area contributed by atoms with E-state index in [9.17, 15) is 15.0 Å². The molecule has 1 aromatic heterocycles. The van der Waals surface area contributed by atoms with Crippen LogP contribution in [-0.4, -0.2) is 57.0 Å². The quantitative estimate of drug-likeness (QED) is 0.335. The molecule has 3 N–H and O–H groups in total. The Hall–Kier alpha value is -4.50. The van der Waals surface area contributed by atoms with Gasteiger partial charge in [-0.1, -0.05) is 30.3 Å². The van der Waals surface area contributed by atoms with E-state index in [1.54, 1.807) is 12.1 Å². The van der Waals surface area contributed by atoms with Gasteiger partial charge in [0.1, 0.15) is 17.3 Å². The van der Waals surface area contributed by atoms with Gasteiger partial charge in [0.2, 0.25) is 5.91 Å². The van der Waals surface area contributed by atoms with Crippen LogP contribution in [0, 0.1) is 0 Å². The topological polar surface area (TPSA) is 97.1 Å². The number of rotatable bonds is 6. The number of para-hydroxylation sites is 3. The molecule has 0 saturated carbocycles. The summed E-state index contributed by atoms with van der Waals surface area (Å²) in [5.74, 6) is 1.16. The number of carbonyl (C=O) groups is 1. The maximum Gasteiger partial charge on any atom is 0.227 e. The van der Waals surface area contributed by atoms with Crippen LogP contribution in [0.2, 0.25) is 0 Å². The molecule has 3 aromatic carbocycles. The van der Waals surface area contributed by atoms with Crippen molar-refractivity contribution in [1.82, 2.24) is 14.7 Å². The maximum atomic E-state index is 13.7. The number of benzene rings is 3. The van der Waals surface area contributed by atoms with Gasteiger partial charge in [-0.25, -0.2) is 0 Å². The Morgan fingerprint density at radius 2 is 1.62 bits per heavy atom. The first-order valence-electron chi connectivity index (χ1n) is 13.7. The van der Waals surface area contributed by atoms with Gasteiger partial charge in [0, 0.05) is 63.5 Å². The van der Waals surface area contributed by atoms with Gasteiger partial charge in [-0.3, -0.25) is 14.4 Å². The van der Waals surface area contributed by atoms with Crippen LogP contribution in [0.25, 0.3) is 0 Å². The fourth-order valence-corrected chi connectivity index (χ4v) is 5.74. The molecular weight excluding hydrogens is 504 g/mol. The number of carbonyl (C=O) groups excluding carboxylic acids is 1. The molecule has 6 rings (SSSR count). The SMILES string of the molecule is Cn1ncc2c1Nc1ccccc1N(C(=O)CCc1ccccc1N1CCN(Cc3cc(O)cc(O)c3)CC1)C2. The summed E-state index contributed by atoms with van der Waals surface area (Å²) in [5.41, 5.74) is 6.02. The molecular formula is C31H34N6O3. The van der Waals surface area contributed by atoms with Gasteiger partial charge in [0.25, 0.3) is 0 Å². The molecule has 0 aliphatic carbocycles. The number of hydrogen-bond donors (Lipinski definition) is 3. The monoisotopic (exact) mass is 538 g/mol. The van der Waals surface area contributed by atoms with Crippen molar-refractivity contribution in [2.24, 2.45) is 7.05 Å². The molecule has 3 heterocycles. The summed E-state index contributed by atoms with van der Waals surface area (Å²) in [5, 5.41) is 27.4. The third-order valence-corrected chi connectivity index (χ3v) is 7.77. The minimum absolute atomic E-state index is 0.0814. The molecule has 0 unspecified atom stereocenters. The highest BCUT2D eigenvalue weighted by Crippen LogP contribution is 2.36. The summed E-state index contributed by atoms with van der Waals surface area (Å²) in [7, 11) is 1.90. The number of hydrogen-bond acceptors (Lipinski definition) is 7. The maximum absolute atomic E-state index is 13.7. The molecule has 40 heavy (non-hydrogen) atoms. The number of amides is 1. The molecule has 1 amide bonds. The Balaban J connectivity index is 1.12. The van der Waals surface area contributed by atoms with Crippen molar-refractivity contribution in [3.8, 4) is 11.5 Å². The molecule has 2 aliphatic rings. The number of aryl methyl sites for hydroxylation is 2. The van der Waals surface area contributed by atoms with Gasteiger partial charge in [-0.05, 0) is 47.9 Å². The number of fused-ring (bicyclic) bond motifs is 2. The zero-order valence-corrected chi connectivity index (χ0v) is 22.6. The molecule has 4 aromatic rings. The van der Waals surface area contributed by atoms with Gasteiger partial charge in [-0.2, -0.15) is 5.10 Å². The van der Waals surface area contributed by atoms with Crippen molar-refractivity contribution in [3.05, 3.63) is 89.6 Å². The average Bonchev–Trinajstić information content (AvgIpc) is 3.19. The Morgan fingerprint density at radius 1 is 0.925 bits per heavy atom. The number of nitrogens with one attached hydrogen (secondary N) is 1. The minimum Gasteiger partial charge on any atom is -0.508 e. The van der Waals surface area contributed by atoms with Crippen LogP contribution in [-0.2, 0) is 31.4 Å². The highest BCUT2D eigenvalue weighted by molar-refractivity contribution is 5.98. The van der Waals surface area contributed by atoms with E-state index in [-0.39, 0.29) is 17.4 Å². The van der Waals surface area contributed by atoms with Crippen LogP contribution in [0.15, 0.2) is 72.9 Å². The van der Waals surface area contributed by atoms with E-state index in [0.29, 0.717) is 25.9 Å². The van der Waals surface area contributed by atoms with Crippen LogP contribution in [0.1, 0.15) is 23.1 Å². The van der Waals surface area contributed by atoms with Crippen LogP contribution in [0.4, 0.5) is 22.9 Å². The Labute approximate surface area is 233 Å². The number of piperazine rings is 1. The summed E-state index contributed by atoms with van der Waals surface area (Å²) in [6, 6.07) is 21.1. The molecule has 9 nitrogen and oxygen atoms in total. The number of phenols is 2. The standard InChI is InChI=1S/C31H34N6O3/c1-34-31-24(19-32-34)21-37(29-9-5-3-7-27(29)33-31)30(40)11-10-23-6-2-4-8-28(23)36-14-12-35(13-15-36)20-22-16-25(38)18-26(39)17-22/h2-9,16-19,33,38-39H,10-15,20-21H2,1H3. The summed E-state index contributed by atoms with van der Waals surface area (Å²) in [6.07, 6.45) is 2.89. The summed E-state index contributed by atoms with van der Waals surface area (Å²) in [6.45, 7) is 4.63. The fraction of sp³-hybridized carbons (Fsp3) is 0.290. The number of aromatic hydroxyl groups is 2. The lowest BCUT2D eigenvalue weighted by molar-refractivity contribution is -0.118. The van der Waals surface area contributed by atoms with E-state index in [0.717, 1.165) is 54.5 Å². The van der Waals surface area contributed by atoms with E-state index >= 15 is 0 Å². The van der Waals surface area contributed by atoms with Crippen LogP contribution in [0.3, 0.4) is 0 Å². The Kier molecular flexibility index (Phi) is 7.04. The van der Waals surface area contributed by atoms with E-state index in [2.05, 4.69) is 38.4 Å². The van der Waals surface area contributed by atoms with Crippen LogP contribution >= 0.6 is 0 Å². The lowest BCUT2D eigenvalue weighted by atomic mass is 10.0. The van der Waals surface area contributed by atoms with Gasteiger partial charge < -0.3 is 25.3 Å². The lowest BCUT2D eigenvalue weighted by Crippen LogP contribution is -2.46. The first-order valence-corrected chi connectivity index (χ1v) is 13.7. The first kappa shape index (κ1) is 25.8. The molecule has 9 heteroatoms. The van der Waals surface area contributed by atoms with Crippen molar-refractivity contribution >= 4 is 28.8 Å². The normalized spacial score (nSPS) is 15.2. The highest BCUT2D eigenvalue weighted by Gasteiger charge is 2.26. The van der Waals surface area contributed by atoms with E-state index in [1.165, 1.54) is 17.3 Å². The zero-order valence-electron chi connectivity index (χ0n) is 22.6. The third kappa shape index (κ3) is 5.33. The number of nitrogens with zero attached hydrogens (tertiary/aromatic N) is 5. The van der Waals surface area contributed by atoms with Crippen molar-refractivity contribution in [2.75, 3.05) is 41.3 Å². The van der Waals surface area contributed by atoms with Gasteiger partial charge in [0.05, 0.1) is 24.1 Å². The second-order valence-electron chi connectivity index (χ2n) is 10.5. The average molecular weight is 539 g/mol. The van der Waals surface area contributed by atoms with Crippen molar-refractivity contribution < 1.29 is 15.0 Å². The second kappa shape index (κ2) is 10.9. The molecule has 0 spiro atoms. The molecule has 1 fully saturated rings. The zero-order chi connectivity index (χ0) is 27.6. The summed E-state index contributed by atoms with van der Waals surface area (Å²) in [4.78, 5) is 20.3. The van der Waals surface area contributed by atoms with Gasteiger partial charge >= 0.3 is 0 Å². The predicted molar refractivity (Wildman–Crippen MR) is 156 cm³/mol. The van der Waals surface area contributed by atoms with Gasteiger partial charge in [-0.15, -0.1) is 0 Å². The molecule has 0 bridgehead atoms. The lowest BCUT2D eigenvalue weighted by Gasteiger charge is -2.37. The summed E-state index contributed by atoms with van der Waals surface area (Å²) >= 11 is 0. The fourth-order valence-electron chi connectivity index (χ4n) is 5.74. The number of anilines is 4. The highest BCUT2D eigenvalue weighted by atomic mass is 16.3. The van der Waals surface area contributed by atoms with Crippen LogP contribution in [0.5, 0.6) is 11.5 Å². The van der Waals surface area contributed by atoms with E-state index in [1.807, 2.05) is 53.2 Å². The minimum atomic E-state index is 0.0814. The molecule has 1 saturated heterocycles. The van der Waals surface area contributed by atoms with Crippen molar-refractivity contribution in [3.63, 3.8) is 0 Å². The van der Waals surface area contributed by atoms with Gasteiger partial charge in [0.15, 0.2) is 0 Å². The molecule has 0 radical (unpaired) electrons. The van der Waals surface area contributed by atoms with Crippen LogP contribution < -0.4 is 15.1 Å². The number of aromatic nitrogens is 2. The van der Waals surface area contributed by atoms with E-state index < -0.39 is 0 Å². The second-order valence-corrected chi connectivity index (χ2v) is 10.5. The summed E-state index contributed by atoms with van der Waals surface area (Å²) < 4.78 is 1.81. The van der Waals surface area contributed by atoms with Crippen molar-refractivity contribution in [2.45, 2.75) is 25.9 Å². The molecule has 0 atom stereocenters. The largest absolute Gasteiger partial charge is 0.508 e. The predicted octanol–water partition coefficient (Wildman–Crippen LogP) is 4.38. The Bertz CT molecular complexity index is 1510. The smallest absolute Gasteiger partial charge is 0.227 e.